The highest BCUT2D eigenvalue weighted by atomic mass is 15.2. The molecule has 6 atom stereocenters. The van der Waals surface area contributed by atoms with Gasteiger partial charge in [-0.05, 0) is 72.3 Å². The molecule has 2 saturated heterocycles. The first-order chi connectivity index (χ1) is 8.82. The van der Waals surface area contributed by atoms with Gasteiger partial charge in [-0.15, -0.1) is 0 Å². The molecule has 19 heavy (non-hydrogen) atoms. The van der Waals surface area contributed by atoms with Crippen LogP contribution in [0.15, 0.2) is 0 Å². The summed E-state index contributed by atoms with van der Waals surface area (Å²) in [6.45, 7) is 13.9. The van der Waals surface area contributed by atoms with E-state index in [0.29, 0.717) is 0 Å². The summed E-state index contributed by atoms with van der Waals surface area (Å²) in [5.41, 5.74) is 0. The van der Waals surface area contributed by atoms with Crippen LogP contribution in [0.1, 0.15) is 70.1 Å². The van der Waals surface area contributed by atoms with E-state index in [0.717, 1.165) is 36.0 Å². The summed E-state index contributed by atoms with van der Waals surface area (Å²) in [5.74, 6) is 1.77. The molecular formula is C17H40N2. The lowest BCUT2D eigenvalue weighted by Crippen LogP contribution is -2.44. The molecule has 0 aromatic carbocycles. The van der Waals surface area contributed by atoms with Gasteiger partial charge in [0.15, 0.2) is 0 Å². The molecule has 0 saturated carbocycles. The molecule has 2 heteroatoms. The predicted molar refractivity (Wildman–Crippen MR) is 89.8 cm³/mol. The van der Waals surface area contributed by atoms with Crippen molar-refractivity contribution in [3.63, 3.8) is 0 Å². The van der Waals surface area contributed by atoms with Gasteiger partial charge in [-0.1, -0.05) is 13.8 Å². The van der Waals surface area contributed by atoms with Gasteiger partial charge in [0.2, 0.25) is 0 Å². The number of hydrogen-bond acceptors (Lipinski definition) is 2. The zero-order valence-corrected chi connectivity index (χ0v) is 14.2. The van der Waals surface area contributed by atoms with Crippen molar-refractivity contribution in [2.75, 3.05) is 7.05 Å². The molecule has 1 N–H and O–H groups in total. The predicted octanol–water partition coefficient (Wildman–Crippen LogP) is 4.40. The topological polar surface area (TPSA) is 15.3 Å². The van der Waals surface area contributed by atoms with E-state index >= 15 is 0 Å². The molecule has 118 valence electrons. The molecule has 2 fully saturated rings. The monoisotopic (exact) mass is 276 g/mol. The lowest BCUT2D eigenvalue weighted by molar-refractivity contribution is 0.0931. The van der Waals surface area contributed by atoms with Crippen LogP contribution in [-0.4, -0.2) is 36.1 Å². The largest absolute Gasteiger partial charge is 0.312 e. The Morgan fingerprint density at radius 3 is 1.89 bits per heavy atom. The van der Waals surface area contributed by atoms with Crippen molar-refractivity contribution >= 4 is 0 Å². The molecule has 2 aliphatic heterocycles. The van der Waals surface area contributed by atoms with Crippen LogP contribution in [0, 0.1) is 11.8 Å². The maximum absolute atomic E-state index is 3.53. The van der Waals surface area contributed by atoms with Gasteiger partial charge < -0.3 is 10.2 Å². The average Bonchev–Trinajstić information content (AvgIpc) is 2.37. The molecule has 2 rings (SSSR count). The second-order valence-electron chi connectivity index (χ2n) is 7.22. The normalized spacial score (nSPS) is 44.4. The number of nitrogens with zero attached hydrogens (tertiary/aromatic N) is 1. The van der Waals surface area contributed by atoms with E-state index in [-0.39, 0.29) is 2.85 Å². The zero-order chi connectivity index (χ0) is 14.6. The summed E-state index contributed by atoms with van der Waals surface area (Å²) in [4.78, 5) is 2.49. The molecule has 0 aliphatic carbocycles. The van der Waals surface area contributed by atoms with Crippen LogP contribution in [0.2, 0.25) is 0 Å². The average molecular weight is 277 g/mol. The van der Waals surface area contributed by atoms with E-state index < -0.39 is 0 Å². The quantitative estimate of drug-likeness (QED) is 0.705. The standard InChI is InChI=1S/C9H19N.C8H17N.2H2/c1-7-5-6-8(2)10(4)9(7)3;1-6-4-5-7(2)9-8(6)3;;/h7-9H,5-6H2,1-4H3;6-9H,4-5H2,1-3H3;2*1H/t;6?,7?,8-;;/m.0../s1/i;;2*1+2. The van der Waals surface area contributed by atoms with Gasteiger partial charge in [0.1, 0.15) is 0 Å². The van der Waals surface area contributed by atoms with Crippen LogP contribution in [-0.2, 0) is 0 Å². The minimum absolute atomic E-state index is 0. The lowest BCUT2D eigenvalue weighted by Gasteiger charge is -2.40. The van der Waals surface area contributed by atoms with Gasteiger partial charge in [0.05, 0.1) is 0 Å². The van der Waals surface area contributed by atoms with Crippen molar-refractivity contribution < 1.29 is 2.85 Å². The van der Waals surface area contributed by atoms with E-state index in [1.807, 2.05) is 0 Å². The van der Waals surface area contributed by atoms with Gasteiger partial charge in [-0.3, -0.25) is 0 Å². The fraction of sp³-hybridized carbons (Fsp3) is 1.00. The van der Waals surface area contributed by atoms with Crippen molar-refractivity contribution in [1.82, 2.24) is 10.2 Å². The van der Waals surface area contributed by atoms with Gasteiger partial charge in [-0.25, -0.2) is 0 Å². The van der Waals surface area contributed by atoms with E-state index in [4.69, 9.17) is 0 Å². The van der Waals surface area contributed by atoms with E-state index in [9.17, 15) is 0 Å². The van der Waals surface area contributed by atoms with Crippen LogP contribution < -0.4 is 5.32 Å². The molecule has 2 nitrogen and oxygen atoms in total. The minimum Gasteiger partial charge on any atom is -0.312 e. The molecule has 0 spiro atoms. The molecule has 0 aromatic rings. The first-order valence-electron chi connectivity index (χ1n) is 8.30. The SMILES string of the molecule is CC1CCC(C)N(C)C1C.CC1CCC(C)[C@H](C)N1.[3HH].[3HH]. The minimum atomic E-state index is 0. The zero-order valence-electron chi connectivity index (χ0n) is 14.2. The van der Waals surface area contributed by atoms with Crippen molar-refractivity contribution in [2.24, 2.45) is 11.8 Å². The maximum Gasteiger partial charge on any atom is 0.00923 e. The Morgan fingerprint density at radius 2 is 1.42 bits per heavy atom. The molecule has 5 unspecified atom stereocenters. The summed E-state index contributed by atoms with van der Waals surface area (Å²) >= 11 is 0. The van der Waals surface area contributed by atoms with E-state index in [1.165, 1.54) is 25.7 Å². The Labute approximate surface area is 124 Å². The van der Waals surface area contributed by atoms with E-state index in [1.54, 1.807) is 0 Å². The van der Waals surface area contributed by atoms with Crippen LogP contribution in [0.5, 0.6) is 0 Å². The highest BCUT2D eigenvalue weighted by Gasteiger charge is 2.26. The third kappa shape index (κ3) is 5.07. The number of piperidine rings is 2. The smallest absolute Gasteiger partial charge is 0.00923 e. The number of likely N-dealkylation sites (tertiary alicyclic amines) is 1. The number of nitrogens with one attached hydrogen (secondary N) is 1. The molecule has 0 aromatic heterocycles. The Hall–Kier alpha value is -0.0800. The summed E-state index contributed by atoms with van der Waals surface area (Å²) < 4.78 is 0. The fourth-order valence-electron chi connectivity index (χ4n) is 3.21. The van der Waals surface area contributed by atoms with Crippen LogP contribution in [0.25, 0.3) is 0 Å². The molecule has 2 heterocycles. The van der Waals surface area contributed by atoms with Crippen molar-refractivity contribution in [3.05, 3.63) is 0 Å². The maximum atomic E-state index is 3.53. The van der Waals surface area contributed by atoms with Crippen LogP contribution in [0.3, 0.4) is 0 Å². The van der Waals surface area contributed by atoms with Gasteiger partial charge in [0, 0.05) is 27.0 Å². The Kier molecular flexibility index (Phi) is 6.82. The van der Waals surface area contributed by atoms with Crippen molar-refractivity contribution in [2.45, 2.75) is 91.4 Å². The van der Waals surface area contributed by atoms with Gasteiger partial charge in [0.25, 0.3) is 0 Å². The van der Waals surface area contributed by atoms with Crippen molar-refractivity contribution in [1.29, 1.82) is 0 Å². The van der Waals surface area contributed by atoms with Gasteiger partial charge in [-0.2, -0.15) is 0 Å². The molecule has 0 amide bonds. The highest BCUT2D eigenvalue weighted by Crippen LogP contribution is 2.25. The first kappa shape index (κ1) is 17.0. The fourth-order valence-corrected chi connectivity index (χ4v) is 3.21. The molecule has 0 radical (unpaired) electrons. The molecular weight excluding hydrogens is 232 g/mol. The summed E-state index contributed by atoms with van der Waals surface area (Å²) in [6, 6.07) is 3.06. The van der Waals surface area contributed by atoms with Crippen molar-refractivity contribution in [3.8, 4) is 0 Å². The second kappa shape index (κ2) is 7.64. The molecule has 2 aliphatic rings. The Balaban J connectivity index is 0. The first-order valence-corrected chi connectivity index (χ1v) is 8.30. The molecule has 0 bridgehead atoms. The summed E-state index contributed by atoms with van der Waals surface area (Å²) in [6.07, 6.45) is 5.54. The number of hydrogen-bond donors (Lipinski definition) is 1. The van der Waals surface area contributed by atoms with Crippen LogP contribution >= 0.6 is 0 Å². The Morgan fingerprint density at radius 1 is 0.842 bits per heavy atom. The van der Waals surface area contributed by atoms with Crippen LogP contribution in [0.4, 0.5) is 0 Å². The summed E-state index contributed by atoms with van der Waals surface area (Å²) in [7, 11) is 2.24. The third-order valence-electron chi connectivity index (χ3n) is 5.66. The third-order valence-corrected chi connectivity index (χ3v) is 5.66. The second-order valence-corrected chi connectivity index (χ2v) is 7.22. The van der Waals surface area contributed by atoms with E-state index in [2.05, 4.69) is 58.8 Å². The number of rotatable bonds is 0. The summed E-state index contributed by atoms with van der Waals surface area (Å²) in [5, 5.41) is 3.53. The van der Waals surface area contributed by atoms with Gasteiger partial charge >= 0.3 is 0 Å². The lowest BCUT2D eigenvalue weighted by atomic mass is 9.89. The Bertz CT molecular complexity index is 249. The highest BCUT2D eigenvalue weighted by molar-refractivity contribution is 4.81.